The van der Waals surface area contributed by atoms with E-state index in [1.165, 1.54) is 31.5 Å². The molecule has 116 valence electrons. The fourth-order valence-corrected chi connectivity index (χ4v) is 3.37. The van der Waals surface area contributed by atoms with Gasteiger partial charge in [0.2, 0.25) is 0 Å². The minimum atomic E-state index is 0.419. The number of nitrogens with one attached hydrogen (secondary N) is 1. The lowest BCUT2D eigenvalue weighted by molar-refractivity contribution is 0.256. The van der Waals surface area contributed by atoms with Crippen molar-refractivity contribution >= 4 is 17.3 Å². The summed E-state index contributed by atoms with van der Waals surface area (Å²) < 4.78 is 0. The van der Waals surface area contributed by atoms with Gasteiger partial charge in [-0.2, -0.15) is 0 Å². The van der Waals surface area contributed by atoms with Crippen molar-refractivity contribution in [1.82, 2.24) is 4.90 Å². The van der Waals surface area contributed by atoms with Gasteiger partial charge in [-0.15, -0.1) is 0 Å². The Balaban J connectivity index is 1.77. The lowest BCUT2D eigenvalue weighted by Crippen LogP contribution is -2.31. The number of anilines is 1. The molecule has 1 atom stereocenters. The van der Waals surface area contributed by atoms with Crippen molar-refractivity contribution in [3.63, 3.8) is 0 Å². The SMILES string of the molecule is Cc1c(Cl)cccc1NCC(c1ccccc1)N1CCCC1. The van der Waals surface area contributed by atoms with Crippen LogP contribution in [0.3, 0.4) is 0 Å². The first-order chi connectivity index (χ1) is 10.8. The molecule has 3 rings (SSSR count). The first-order valence-corrected chi connectivity index (χ1v) is 8.41. The summed E-state index contributed by atoms with van der Waals surface area (Å²) in [5, 5.41) is 4.42. The van der Waals surface area contributed by atoms with Gasteiger partial charge in [0.25, 0.3) is 0 Å². The molecule has 1 saturated heterocycles. The molecule has 3 heteroatoms. The van der Waals surface area contributed by atoms with Gasteiger partial charge in [0, 0.05) is 17.3 Å². The van der Waals surface area contributed by atoms with Gasteiger partial charge in [0.1, 0.15) is 0 Å². The van der Waals surface area contributed by atoms with E-state index >= 15 is 0 Å². The van der Waals surface area contributed by atoms with Gasteiger partial charge in [0.15, 0.2) is 0 Å². The monoisotopic (exact) mass is 314 g/mol. The van der Waals surface area contributed by atoms with Gasteiger partial charge in [-0.1, -0.05) is 48.0 Å². The normalized spacial score (nSPS) is 16.6. The molecule has 0 saturated carbocycles. The molecule has 0 aliphatic carbocycles. The topological polar surface area (TPSA) is 15.3 Å². The van der Waals surface area contributed by atoms with Gasteiger partial charge in [-0.05, 0) is 56.1 Å². The molecule has 2 nitrogen and oxygen atoms in total. The van der Waals surface area contributed by atoms with E-state index in [1.807, 2.05) is 12.1 Å². The standard InChI is InChI=1S/C19H23ClN2/c1-15-17(20)10-7-11-18(15)21-14-19(22-12-5-6-13-22)16-8-3-2-4-9-16/h2-4,7-11,19,21H,5-6,12-14H2,1H3. The van der Waals surface area contributed by atoms with Gasteiger partial charge in [-0.25, -0.2) is 0 Å². The highest BCUT2D eigenvalue weighted by molar-refractivity contribution is 6.31. The fraction of sp³-hybridized carbons (Fsp3) is 0.368. The van der Waals surface area contributed by atoms with Crippen molar-refractivity contribution in [2.75, 3.05) is 25.0 Å². The van der Waals surface area contributed by atoms with E-state index < -0.39 is 0 Å². The van der Waals surface area contributed by atoms with Crippen LogP contribution in [0.5, 0.6) is 0 Å². The Labute approximate surface area is 138 Å². The molecule has 1 aliphatic heterocycles. The summed E-state index contributed by atoms with van der Waals surface area (Å²) in [6.07, 6.45) is 2.61. The van der Waals surface area contributed by atoms with Crippen molar-refractivity contribution in [3.05, 3.63) is 64.7 Å². The van der Waals surface area contributed by atoms with Crippen LogP contribution >= 0.6 is 11.6 Å². The van der Waals surface area contributed by atoms with Crippen LogP contribution in [-0.4, -0.2) is 24.5 Å². The highest BCUT2D eigenvalue weighted by atomic mass is 35.5. The smallest absolute Gasteiger partial charge is 0.0520 e. The third-order valence-electron chi connectivity index (χ3n) is 4.52. The fourth-order valence-electron chi connectivity index (χ4n) is 3.19. The van der Waals surface area contributed by atoms with Crippen molar-refractivity contribution in [3.8, 4) is 0 Å². The molecule has 1 aliphatic rings. The molecule has 0 amide bonds. The number of nitrogens with zero attached hydrogens (tertiary/aromatic N) is 1. The Bertz CT molecular complexity index is 606. The highest BCUT2D eigenvalue weighted by Gasteiger charge is 2.23. The van der Waals surface area contributed by atoms with E-state index in [0.717, 1.165) is 22.8 Å². The minimum absolute atomic E-state index is 0.419. The number of likely N-dealkylation sites (tertiary alicyclic amines) is 1. The van der Waals surface area contributed by atoms with Crippen molar-refractivity contribution in [2.24, 2.45) is 0 Å². The summed E-state index contributed by atoms with van der Waals surface area (Å²) in [5.41, 5.74) is 3.64. The van der Waals surface area contributed by atoms with Gasteiger partial charge >= 0.3 is 0 Å². The molecule has 22 heavy (non-hydrogen) atoms. The second-order valence-corrected chi connectivity index (χ2v) is 6.37. The zero-order chi connectivity index (χ0) is 15.4. The molecule has 0 aromatic heterocycles. The van der Waals surface area contributed by atoms with E-state index in [9.17, 15) is 0 Å². The number of hydrogen-bond acceptors (Lipinski definition) is 2. The summed E-state index contributed by atoms with van der Waals surface area (Å²) in [4.78, 5) is 2.59. The van der Waals surface area contributed by atoms with Crippen LogP contribution in [0.25, 0.3) is 0 Å². The predicted octanol–water partition coefficient (Wildman–Crippen LogP) is 4.90. The maximum Gasteiger partial charge on any atom is 0.0520 e. The number of halogens is 1. The second-order valence-electron chi connectivity index (χ2n) is 5.96. The van der Waals surface area contributed by atoms with Crippen LogP contribution in [0.1, 0.15) is 30.0 Å². The lowest BCUT2D eigenvalue weighted by atomic mass is 10.1. The molecule has 1 N–H and O–H groups in total. The Kier molecular flexibility index (Phi) is 5.01. The summed E-state index contributed by atoms with van der Waals surface area (Å²) in [5.74, 6) is 0. The Hall–Kier alpha value is -1.51. The van der Waals surface area contributed by atoms with E-state index in [1.54, 1.807) is 0 Å². The van der Waals surface area contributed by atoms with Gasteiger partial charge in [0.05, 0.1) is 6.04 Å². The summed E-state index contributed by atoms with van der Waals surface area (Å²) >= 11 is 6.22. The maximum atomic E-state index is 6.22. The number of rotatable bonds is 5. The minimum Gasteiger partial charge on any atom is -0.383 e. The molecule has 1 heterocycles. The third kappa shape index (κ3) is 3.45. The van der Waals surface area contributed by atoms with Crippen LogP contribution in [0.4, 0.5) is 5.69 Å². The zero-order valence-electron chi connectivity index (χ0n) is 13.1. The molecule has 1 unspecified atom stereocenters. The molecular weight excluding hydrogens is 292 g/mol. The van der Waals surface area contributed by atoms with E-state index in [-0.39, 0.29) is 0 Å². The Morgan fingerprint density at radius 3 is 2.50 bits per heavy atom. The highest BCUT2D eigenvalue weighted by Crippen LogP contribution is 2.27. The van der Waals surface area contributed by atoms with Crippen molar-refractivity contribution < 1.29 is 0 Å². The zero-order valence-corrected chi connectivity index (χ0v) is 13.8. The summed E-state index contributed by atoms with van der Waals surface area (Å²) in [6, 6.07) is 17.3. The molecule has 0 spiro atoms. The quantitative estimate of drug-likeness (QED) is 0.844. The largest absolute Gasteiger partial charge is 0.383 e. The summed E-state index contributed by atoms with van der Waals surface area (Å²) in [6.45, 7) is 5.36. The molecule has 1 fully saturated rings. The first-order valence-electron chi connectivity index (χ1n) is 8.03. The van der Waals surface area contributed by atoms with Crippen molar-refractivity contribution in [2.45, 2.75) is 25.8 Å². The first kappa shape index (κ1) is 15.4. The predicted molar refractivity (Wildman–Crippen MR) is 94.7 cm³/mol. The van der Waals surface area contributed by atoms with Gasteiger partial charge < -0.3 is 5.32 Å². The van der Waals surface area contributed by atoms with E-state index in [0.29, 0.717) is 6.04 Å². The maximum absolute atomic E-state index is 6.22. The second kappa shape index (κ2) is 7.17. The average molecular weight is 315 g/mol. The van der Waals surface area contributed by atoms with Crippen LogP contribution < -0.4 is 5.32 Å². The molecule has 2 aromatic carbocycles. The van der Waals surface area contributed by atoms with Crippen LogP contribution in [0.2, 0.25) is 5.02 Å². The molecule has 0 radical (unpaired) electrons. The lowest BCUT2D eigenvalue weighted by Gasteiger charge is -2.29. The number of benzene rings is 2. The Morgan fingerprint density at radius 1 is 1.05 bits per heavy atom. The third-order valence-corrected chi connectivity index (χ3v) is 4.93. The van der Waals surface area contributed by atoms with E-state index in [4.69, 9.17) is 11.6 Å². The van der Waals surface area contributed by atoms with Gasteiger partial charge in [-0.3, -0.25) is 4.90 Å². The molecule has 0 bridgehead atoms. The Morgan fingerprint density at radius 2 is 1.77 bits per heavy atom. The van der Waals surface area contributed by atoms with E-state index in [2.05, 4.69) is 53.5 Å². The average Bonchev–Trinajstić information content (AvgIpc) is 3.07. The molecule has 2 aromatic rings. The van der Waals surface area contributed by atoms with Crippen molar-refractivity contribution in [1.29, 1.82) is 0 Å². The van der Waals surface area contributed by atoms with Crippen LogP contribution in [0.15, 0.2) is 48.5 Å². The summed E-state index contributed by atoms with van der Waals surface area (Å²) in [7, 11) is 0. The van der Waals surface area contributed by atoms with Crippen LogP contribution in [-0.2, 0) is 0 Å². The number of hydrogen-bond donors (Lipinski definition) is 1. The van der Waals surface area contributed by atoms with Crippen LogP contribution in [0, 0.1) is 6.92 Å². The molecular formula is C19H23ClN2.